The summed E-state index contributed by atoms with van der Waals surface area (Å²) in [6, 6.07) is 30.8. The van der Waals surface area contributed by atoms with Crippen molar-refractivity contribution >= 4 is 22.9 Å². The molecule has 3 aliphatic heterocycles. The number of hydrogen-bond acceptors (Lipinski definition) is 9. The summed E-state index contributed by atoms with van der Waals surface area (Å²) in [4.78, 5) is 45.6. The second-order valence-electron chi connectivity index (χ2n) is 16.1. The van der Waals surface area contributed by atoms with Gasteiger partial charge in [-0.15, -0.1) is 0 Å². The molecule has 0 spiro atoms. The normalized spacial score (nSPS) is 18.3. The molecule has 1 aromatic heterocycles. The van der Waals surface area contributed by atoms with Gasteiger partial charge in [0.25, 0.3) is 5.91 Å². The first-order chi connectivity index (χ1) is 28.6. The second kappa shape index (κ2) is 19.4. The Hall–Kier alpha value is -5.69. The Morgan fingerprint density at radius 3 is 2.42 bits per heavy atom. The molecule has 2 amide bonds. The number of benzene rings is 4. The molecule has 0 aliphatic carbocycles. The van der Waals surface area contributed by atoms with E-state index < -0.39 is 18.2 Å². The van der Waals surface area contributed by atoms with Crippen LogP contribution in [0.2, 0.25) is 0 Å². The van der Waals surface area contributed by atoms with Crippen molar-refractivity contribution in [2.75, 3.05) is 45.8 Å². The number of carbonyl (C=O) groups is 2. The number of H-pyrrole nitrogens is 1. The fourth-order valence-corrected chi connectivity index (χ4v) is 8.22. The fourth-order valence-electron chi connectivity index (χ4n) is 8.22. The van der Waals surface area contributed by atoms with Crippen LogP contribution in [0.4, 0.5) is 4.79 Å². The molecule has 8 rings (SSSR count). The van der Waals surface area contributed by atoms with Gasteiger partial charge in [-0.2, -0.15) is 0 Å². The summed E-state index contributed by atoms with van der Waals surface area (Å²) in [6.07, 6.45) is 1.45. The maximum Gasteiger partial charge on any atom is 0.408 e. The first-order valence-electron chi connectivity index (χ1n) is 20.7. The highest BCUT2D eigenvalue weighted by atomic mass is 16.6. The van der Waals surface area contributed by atoms with Gasteiger partial charge in [0.15, 0.2) is 0 Å². The second-order valence-corrected chi connectivity index (χ2v) is 16.1. The first-order valence-corrected chi connectivity index (χ1v) is 20.7. The molecule has 5 aromatic rings. The van der Waals surface area contributed by atoms with Crippen LogP contribution in [0, 0.1) is 11.8 Å². The van der Waals surface area contributed by atoms with Crippen molar-refractivity contribution in [3.8, 4) is 11.5 Å². The Labute approximate surface area is 345 Å². The molecule has 3 aliphatic rings. The van der Waals surface area contributed by atoms with E-state index in [2.05, 4.69) is 34.4 Å². The Kier molecular flexibility index (Phi) is 13.6. The number of aliphatic hydroxyl groups excluding tert-OH is 1. The van der Waals surface area contributed by atoms with Crippen molar-refractivity contribution < 1.29 is 29.3 Å². The standard InChI is InChI=1S/C47H55N5O7/c1-31(2)28-52(23-7-22-48-27-41(54)38-16-18-40(53)45-39(38)17-19-43(55)49-45)46(56)35-14-12-32(13-15-35)30-58-37-11-6-10-36(26-37)44(34-8-4-3-5-9-34)50-47(57)59-42-29-51-24-20-33(42)21-25-51/h3-6,8-19,26,31,33,41-42,44,48,53-54H,7,20-25,27-30H2,1-2H3,(H,49,55)(H,50,57)/t41-,42-,44-/m0/s1. The zero-order chi connectivity index (χ0) is 41.3. The molecule has 310 valence electrons. The molecule has 4 heterocycles. The van der Waals surface area contributed by atoms with E-state index in [0.717, 1.165) is 49.2 Å². The molecule has 0 radical (unpaired) electrons. The smallest absolute Gasteiger partial charge is 0.408 e. The number of pyridine rings is 1. The molecule has 0 unspecified atom stereocenters. The number of aliphatic hydroxyl groups is 1. The minimum absolute atomic E-state index is 0.0464. The summed E-state index contributed by atoms with van der Waals surface area (Å²) < 4.78 is 12.2. The molecule has 12 nitrogen and oxygen atoms in total. The number of ether oxygens (including phenoxy) is 2. The van der Waals surface area contributed by atoms with Crippen LogP contribution in [0.1, 0.15) is 77.9 Å². The highest BCUT2D eigenvalue weighted by molar-refractivity contribution is 5.94. The van der Waals surface area contributed by atoms with E-state index in [1.165, 1.54) is 12.1 Å². The van der Waals surface area contributed by atoms with E-state index in [9.17, 15) is 24.6 Å². The Morgan fingerprint density at radius 1 is 0.932 bits per heavy atom. The van der Waals surface area contributed by atoms with Gasteiger partial charge in [0, 0.05) is 43.2 Å². The lowest BCUT2D eigenvalue weighted by Gasteiger charge is -2.43. The Morgan fingerprint density at radius 2 is 1.69 bits per heavy atom. The number of piperidine rings is 3. The number of nitrogens with zero attached hydrogens (tertiary/aromatic N) is 2. The van der Waals surface area contributed by atoms with E-state index in [1.54, 1.807) is 12.1 Å². The van der Waals surface area contributed by atoms with Gasteiger partial charge in [0.05, 0.1) is 17.7 Å². The molecular weight excluding hydrogens is 747 g/mol. The van der Waals surface area contributed by atoms with Gasteiger partial charge < -0.3 is 40.2 Å². The minimum Gasteiger partial charge on any atom is -0.506 e. The quantitative estimate of drug-likeness (QED) is 0.0660. The average Bonchev–Trinajstić information content (AvgIpc) is 3.25. The minimum atomic E-state index is -0.859. The third-order valence-electron chi connectivity index (χ3n) is 11.3. The van der Waals surface area contributed by atoms with Crippen LogP contribution in [-0.4, -0.2) is 88.9 Å². The molecule has 3 atom stereocenters. The van der Waals surface area contributed by atoms with Crippen molar-refractivity contribution in [3.63, 3.8) is 0 Å². The van der Waals surface area contributed by atoms with Crippen molar-refractivity contribution in [1.29, 1.82) is 0 Å². The Bertz CT molecular complexity index is 2240. The number of hydrogen-bond donors (Lipinski definition) is 5. The van der Waals surface area contributed by atoms with E-state index >= 15 is 0 Å². The monoisotopic (exact) mass is 801 g/mol. The number of phenolic OH excluding ortho intramolecular Hbond substituents is 1. The average molecular weight is 802 g/mol. The fraction of sp³-hybridized carbons (Fsp3) is 0.383. The van der Waals surface area contributed by atoms with Gasteiger partial charge in [-0.1, -0.05) is 74.5 Å². The largest absolute Gasteiger partial charge is 0.506 e. The maximum absolute atomic E-state index is 13.7. The topological polar surface area (TPSA) is 156 Å². The van der Waals surface area contributed by atoms with E-state index in [1.807, 2.05) is 83.8 Å². The number of carbonyl (C=O) groups excluding carboxylic acids is 2. The van der Waals surface area contributed by atoms with E-state index in [0.29, 0.717) is 66.4 Å². The van der Waals surface area contributed by atoms with E-state index in [-0.39, 0.29) is 35.8 Å². The molecule has 3 saturated heterocycles. The van der Waals surface area contributed by atoms with Crippen LogP contribution in [0.15, 0.2) is 108 Å². The van der Waals surface area contributed by atoms with Crippen LogP contribution in [0.5, 0.6) is 11.5 Å². The molecule has 2 bridgehead atoms. The third-order valence-corrected chi connectivity index (χ3v) is 11.3. The van der Waals surface area contributed by atoms with Crippen LogP contribution < -0.4 is 20.9 Å². The number of amides is 2. The zero-order valence-corrected chi connectivity index (χ0v) is 33.8. The molecule has 59 heavy (non-hydrogen) atoms. The van der Waals surface area contributed by atoms with Gasteiger partial charge in [-0.05, 0) is 109 Å². The van der Waals surface area contributed by atoms with Crippen molar-refractivity contribution in [3.05, 3.63) is 141 Å². The maximum atomic E-state index is 13.7. The Balaban J connectivity index is 0.917. The van der Waals surface area contributed by atoms with Crippen LogP contribution >= 0.6 is 0 Å². The van der Waals surface area contributed by atoms with Crippen molar-refractivity contribution in [2.45, 2.75) is 58.0 Å². The third kappa shape index (κ3) is 10.7. The number of aromatic amines is 1. The van der Waals surface area contributed by atoms with Crippen molar-refractivity contribution in [2.24, 2.45) is 11.8 Å². The number of phenols is 1. The molecule has 3 fully saturated rings. The molecule has 0 saturated carbocycles. The lowest BCUT2D eigenvalue weighted by Crippen LogP contribution is -2.52. The summed E-state index contributed by atoms with van der Waals surface area (Å²) in [5, 5.41) is 28.1. The van der Waals surface area contributed by atoms with Gasteiger partial charge in [0.2, 0.25) is 5.56 Å². The van der Waals surface area contributed by atoms with Crippen molar-refractivity contribution in [1.82, 2.24) is 25.4 Å². The van der Waals surface area contributed by atoms with Gasteiger partial charge in [0.1, 0.15) is 24.2 Å². The summed E-state index contributed by atoms with van der Waals surface area (Å²) >= 11 is 0. The molecule has 5 N–H and O–H groups in total. The summed E-state index contributed by atoms with van der Waals surface area (Å²) in [5.41, 5.74) is 3.89. The predicted octanol–water partition coefficient (Wildman–Crippen LogP) is 6.53. The molecule has 12 heteroatoms. The number of alkyl carbamates (subject to hydrolysis) is 1. The number of fused-ring (bicyclic) bond motifs is 4. The lowest BCUT2D eigenvalue weighted by molar-refractivity contribution is -0.0336. The number of nitrogens with one attached hydrogen (secondary N) is 3. The number of aromatic nitrogens is 1. The first kappa shape index (κ1) is 41.5. The van der Waals surface area contributed by atoms with Gasteiger partial charge in [-0.3, -0.25) is 14.5 Å². The molecule has 4 aromatic carbocycles. The van der Waals surface area contributed by atoms with Crippen LogP contribution in [0.25, 0.3) is 10.9 Å². The summed E-state index contributed by atoms with van der Waals surface area (Å²) in [5.74, 6) is 1.26. The number of rotatable bonds is 17. The lowest BCUT2D eigenvalue weighted by atomic mass is 9.86. The molecular formula is C47H55N5O7. The van der Waals surface area contributed by atoms with Crippen LogP contribution in [0.3, 0.4) is 0 Å². The van der Waals surface area contributed by atoms with E-state index in [4.69, 9.17) is 9.47 Å². The highest BCUT2D eigenvalue weighted by Crippen LogP contribution is 2.31. The SMILES string of the molecule is CC(C)CN(CCCNC[C@H](O)c1ccc(O)c2[nH]c(=O)ccc12)C(=O)c1ccc(COc2cccc([C@@H](NC(=O)O[C@H]3CN4CCC3CC4)c3ccccc3)c2)cc1. The summed E-state index contributed by atoms with van der Waals surface area (Å²) in [6.45, 7) is 9.42. The summed E-state index contributed by atoms with van der Waals surface area (Å²) in [7, 11) is 0. The van der Waals surface area contributed by atoms with Crippen LogP contribution in [-0.2, 0) is 11.3 Å². The van der Waals surface area contributed by atoms with Gasteiger partial charge in [-0.25, -0.2) is 4.79 Å². The highest BCUT2D eigenvalue weighted by Gasteiger charge is 2.37. The predicted molar refractivity (Wildman–Crippen MR) is 227 cm³/mol. The zero-order valence-electron chi connectivity index (χ0n) is 33.8. The number of aromatic hydroxyl groups is 1. The van der Waals surface area contributed by atoms with Gasteiger partial charge >= 0.3 is 6.09 Å².